The number of carbonyl (C=O) groups is 1. The van der Waals surface area contributed by atoms with Crippen LogP contribution in [-0.2, 0) is 0 Å². The van der Waals surface area contributed by atoms with E-state index in [1.165, 1.54) is 17.6 Å². The van der Waals surface area contributed by atoms with Crippen LogP contribution in [-0.4, -0.2) is 17.1 Å². The first-order chi connectivity index (χ1) is 9.08. The Morgan fingerprint density at radius 1 is 1.58 bits per heavy atom. The van der Waals surface area contributed by atoms with Gasteiger partial charge in [0.25, 0.3) is 5.91 Å². The number of furan rings is 1. The van der Waals surface area contributed by atoms with Crippen LogP contribution in [0.15, 0.2) is 38.7 Å². The lowest BCUT2D eigenvalue weighted by Crippen LogP contribution is -2.33. The average Bonchev–Trinajstić information content (AvgIpc) is 2.98. The molecule has 2 unspecified atom stereocenters. The third kappa shape index (κ3) is 3.68. The van der Waals surface area contributed by atoms with Crippen molar-refractivity contribution in [2.24, 2.45) is 0 Å². The van der Waals surface area contributed by atoms with Gasteiger partial charge in [-0.2, -0.15) is 0 Å². The molecular formula is C13H14BrNO3S. The SMILES string of the molecule is CC(CC(O)c1ccco1)NC(=O)c1sccc1Br. The Labute approximate surface area is 123 Å². The Bertz CT molecular complexity index is 538. The highest BCUT2D eigenvalue weighted by Crippen LogP contribution is 2.23. The average molecular weight is 344 g/mol. The first-order valence-corrected chi connectivity index (χ1v) is 7.50. The van der Waals surface area contributed by atoms with Crippen LogP contribution >= 0.6 is 27.3 Å². The molecule has 102 valence electrons. The lowest BCUT2D eigenvalue weighted by Gasteiger charge is -2.16. The van der Waals surface area contributed by atoms with E-state index < -0.39 is 6.10 Å². The molecule has 0 fully saturated rings. The topological polar surface area (TPSA) is 62.5 Å². The van der Waals surface area contributed by atoms with Crippen molar-refractivity contribution in [3.05, 3.63) is 45.0 Å². The van der Waals surface area contributed by atoms with E-state index in [2.05, 4.69) is 21.2 Å². The molecule has 4 nitrogen and oxygen atoms in total. The summed E-state index contributed by atoms with van der Waals surface area (Å²) in [5.41, 5.74) is 0. The van der Waals surface area contributed by atoms with E-state index in [0.717, 1.165) is 4.47 Å². The summed E-state index contributed by atoms with van der Waals surface area (Å²) >= 11 is 4.70. The number of hydrogen-bond donors (Lipinski definition) is 2. The van der Waals surface area contributed by atoms with Gasteiger partial charge in [-0.15, -0.1) is 11.3 Å². The summed E-state index contributed by atoms with van der Waals surface area (Å²) in [7, 11) is 0. The van der Waals surface area contributed by atoms with Gasteiger partial charge in [0.1, 0.15) is 16.7 Å². The van der Waals surface area contributed by atoms with Crippen LogP contribution in [0.3, 0.4) is 0 Å². The number of hydrogen-bond acceptors (Lipinski definition) is 4. The fourth-order valence-corrected chi connectivity index (χ4v) is 3.19. The monoisotopic (exact) mass is 343 g/mol. The summed E-state index contributed by atoms with van der Waals surface area (Å²) in [6.45, 7) is 1.85. The van der Waals surface area contributed by atoms with Crippen LogP contribution in [0.25, 0.3) is 0 Å². The largest absolute Gasteiger partial charge is 0.467 e. The van der Waals surface area contributed by atoms with Gasteiger partial charge in [0.05, 0.1) is 6.26 Å². The molecule has 19 heavy (non-hydrogen) atoms. The number of carbonyl (C=O) groups excluding carboxylic acids is 1. The Morgan fingerprint density at radius 2 is 2.37 bits per heavy atom. The second kappa shape index (κ2) is 6.36. The number of aliphatic hydroxyl groups is 1. The summed E-state index contributed by atoms with van der Waals surface area (Å²) in [6.07, 6.45) is 1.21. The van der Waals surface area contributed by atoms with Gasteiger partial charge in [-0.3, -0.25) is 4.79 Å². The highest BCUT2D eigenvalue weighted by atomic mass is 79.9. The Balaban J connectivity index is 1.89. The van der Waals surface area contributed by atoms with E-state index in [1.54, 1.807) is 12.1 Å². The number of rotatable bonds is 5. The second-order valence-corrected chi connectivity index (χ2v) is 6.01. The summed E-state index contributed by atoms with van der Waals surface area (Å²) in [5.74, 6) is 0.374. The first kappa shape index (κ1) is 14.3. The van der Waals surface area contributed by atoms with Gasteiger partial charge in [-0.05, 0) is 46.4 Å². The zero-order chi connectivity index (χ0) is 13.8. The van der Waals surface area contributed by atoms with Gasteiger partial charge in [-0.25, -0.2) is 0 Å². The number of thiophene rings is 1. The molecule has 0 spiro atoms. The van der Waals surface area contributed by atoms with Crippen molar-refractivity contribution in [2.75, 3.05) is 0 Å². The fourth-order valence-electron chi connectivity index (χ4n) is 1.74. The maximum atomic E-state index is 12.0. The molecule has 2 atom stereocenters. The van der Waals surface area contributed by atoms with Gasteiger partial charge in [0.2, 0.25) is 0 Å². The molecule has 0 aliphatic heterocycles. The number of amides is 1. The first-order valence-electron chi connectivity index (χ1n) is 5.83. The Kier molecular flexibility index (Phi) is 4.79. The van der Waals surface area contributed by atoms with E-state index >= 15 is 0 Å². The second-order valence-electron chi connectivity index (χ2n) is 4.24. The molecule has 2 N–H and O–H groups in total. The molecule has 0 aromatic carbocycles. The van der Waals surface area contributed by atoms with Crippen molar-refractivity contribution in [2.45, 2.75) is 25.5 Å². The number of halogens is 1. The maximum Gasteiger partial charge on any atom is 0.262 e. The van der Waals surface area contributed by atoms with Crippen LogP contribution in [0.4, 0.5) is 0 Å². The molecule has 2 heterocycles. The smallest absolute Gasteiger partial charge is 0.262 e. The summed E-state index contributed by atoms with van der Waals surface area (Å²) < 4.78 is 5.91. The lowest BCUT2D eigenvalue weighted by atomic mass is 10.1. The van der Waals surface area contributed by atoms with Crippen LogP contribution in [0.1, 0.15) is 34.9 Å². The van der Waals surface area contributed by atoms with Gasteiger partial charge in [0, 0.05) is 16.9 Å². The zero-order valence-corrected chi connectivity index (χ0v) is 12.7. The highest BCUT2D eigenvalue weighted by molar-refractivity contribution is 9.10. The van der Waals surface area contributed by atoms with E-state index in [-0.39, 0.29) is 11.9 Å². The Morgan fingerprint density at radius 3 is 2.95 bits per heavy atom. The van der Waals surface area contributed by atoms with Crippen molar-refractivity contribution in [1.29, 1.82) is 0 Å². The minimum Gasteiger partial charge on any atom is -0.467 e. The molecule has 0 bridgehead atoms. The molecule has 0 saturated carbocycles. The predicted molar refractivity (Wildman–Crippen MR) is 77.2 cm³/mol. The van der Waals surface area contributed by atoms with Crippen molar-refractivity contribution < 1.29 is 14.3 Å². The summed E-state index contributed by atoms with van der Waals surface area (Å²) in [5, 5.41) is 14.6. The maximum absolute atomic E-state index is 12.0. The quantitative estimate of drug-likeness (QED) is 0.874. The van der Waals surface area contributed by atoms with Crippen LogP contribution in [0.2, 0.25) is 0 Å². The lowest BCUT2D eigenvalue weighted by molar-refractivity contribution is 0.0906. The van der Waals surface area contributed by atoms with Gasteiger partial charge >= 0.3 is 0 Å². The third-order valence-electron chi connectivity index (χ3n) is 2.65. The molecule has 2 rings (SSSR count). The highest BCUT2D eigenvalue weighted by Gasteiger charge is 2.18. The zero-order valence-electron chi connectivity index (χ0n) is 10.3. The van der Waals surface area contributed by atoms with Crippen molar-refractivity contribution in [3.8, 4) is 0 Å². The molecule has 0 saturated heterocycles. The minimum atomic E-state index is -0.711. The standard InChI is InChI=1S/C13H14BrNO3S/c1-8(7-10(16)11-3-2-5-18-11)15-13(17)12-9(14)4-6-19-12/h2-6,8,10,16H,7H2,1H3,(H,15,17). The number of nitrogens with one attached hydrogen (secondary N) is 1. The van der Waals surface area contributed by atoms with Gasteiger partial charge in [0.15, 0.2) is 0 Å². The van der Waals surface area contributed by atoms with E-state index in [9.17, 15) is 9.90 Å². The molecule has 0 aliphatic carbocycles. The van der Waals surface area contributed by atoms with Crippen molar-refractivity contribution >= 4 is 33.2 Å². The molecular weight excluding hydrogens is 330 g/mol. The minimum absolute atomic E-state index is 0.138. The van der Waals surface area contributed by atoms with Crippen molar-refractivity contribution in [3.63, 3.8) is 0 Å². The van der Waals surface area contributed by atoms with E-state index in [0.29, 0.717) is 17.1 Å². The van der Waals surface area contributed by atoms with Crippen molar-refractivity contribution in [1.82, 2.24) is 5.32 Å². The summed E-state index contributed by atoms with van der Waals surface area (Å²) in [4.78, 5) is 12.6. The molecule has 6 heteroatoms. The van der Waals surface area contributed by atoms with Crippen LogP contribution in [0.5, 0.6) is 0 Å². The molecule has 2 aromatic heterocycles. The molecule has 0 aliphatic rings. The summed E-state index contributed by atoms with van der Waals surface area (Å²) in [6, 6.07) is 5.13. The molecule has 2 aromatic rings. The van der Waals surface area contributed by atoms with E-state index in [1.807, 2.05) is 18.4 Å². The number of aliphatic hydroxyl groups excluding tert-OH is 1. The predicted octanol–water partition coefficient (Wildman–Crippen LogP) is 3.35. The van der Waals surface area contributed by atoms with Gasteiger partial charge < -0.3 is 14.8 Å². The normalized spacial score (nSPS) is 14.1. The van der Waals surface area contributed by atoms with Crippen LogP contribution < -0.4 is 5.32 Å². The van der Waals surface area contributed by atoms with Crippen LogP contribution in [0, 0.1) is 0 Å². The third-order valence-corrected chi connectivity index (χ3v) is 4.49. The Hall–Kier alpha value is -1.11. The van der Waals surface area contributed by atoms with Gasteiger partial charge in [-0.1, -0.05) is 0 Å². The van der Waals surface area contributed by atoms with E-state index in [4.69, 9.17) is 4.42 Å². The molecule has 1 amide bonds. The fraction of sp³-hybridized carbons (Fsp3) is 0.308. The molecule has 0 radical (unpaired) electrons.